The van der Waals surface area contributed by atoms with Crippen molar-refractivity contribution in [3.63, 3.8) is 0 Å². The van der Waals surface area contributed by atoms with E-state index in [9.17, 15) is 15.0 Å². The molecule has 2 aromatic rings. The Morgan fingerprint density at radius 1 is 1.22 bits per heavy atom. The van der Waals surface area contributed by atoms with E-state index in [4.69, 9.17) is 4.74 Å². The molecule has 2 heterocycles. The van der Waals surface area contributed by atoms with E-state index in [1.165, 1.54) is 11.1 Å². The van der Waals surface area contributed by atoms with Crippen molar-refractivity contribution < 1.29 is 19.7 Å². The summed E-state index contributed by atoms with van der Waals surface area (Å²) < 4.78 is 6.52. The van der Waals surface area contributed by atoms with Gasteiger partial charge in [-0.1, -0.05) is 54.6 Å². The van der Waals surface area contributed by atoms with Gasteiger partial charge < -0.3 is 20.3 Å². The second kappa shape index (κ2) is 7.46. The van der Waals surface area contributed by atoms with E-state index in [0.717, 1.165) is 37.9 Å². The molecule has 1 saturated carbocycles. The third-order valence-electron chi connectivity index (χ3n) is 9.86. The molecule has 186 valence electrons. The topological polar surface area (TPSA) is 82.0 Å². The van der Waals surface area contributed by atoms with Crippen LogP contribution in [0, 0.1) is 11.3 Å². The normalized spacial score (nSPS) is 36.8. The van der Waals surface area contributed by atoms with Crippen LogP contribution < -0.4 is 10.1 Å². The molecule has 2 fully saturated rings. The highest BCUT2D eigenvalue weighted by atomic mass is 16.5. The molecule has 3 N–H and O–H groups in total. The van der Waals surface area contributed by atoms with Crippen molar-refractivity contribution in [3.8, 4) is 11.5 Å². The predicted molar refractivity (Wildman–Crippen MR) is 136 cm³/mol. The number of nitrogens with one attached hydrogen (secondary N) is 1. The Kier molecular flexibility index (Phi) is 4.59. The third kappa shape index (κ3) is 2.56. The fourth-order valence-corrected chi connectivity index (χ4v) is 8.41. The zero-order chi connectivity index (χ0) is 24.7. The van der Waals surface area contributed by atoms with Crippen LogP contribution >= 0.6 is 0 Å². The summed E-state index contributed by atoms with van der Waals surface area (Å²) in [7, 11) is 0. The van der Waals surface area contributed by atoms with Crippen molar-refractivity contribution in [1.82, 2.24) is 10.2 Å². The fourth-order valence-electron chi connectivity index (χ4n) is 8.41. The van der Waals surface area contributed by atoms with E-state index in [-0.39, 0.29) is 23.1 Å². The maximum absolute atomic E-state index is 13.4. The number of piperidine rings is 1. The molecule has 0 aromatic heterocycles. The number of aromatic hydroxyl groups is 1. The standard InChI is InChI=1S/C30H32N2O4/c1-2-14-31-26(34)21-18-28-11-12-30(21,35)27-29(28)13-16-32(15-10-19-6-4-3-5-7-19)23(28)17-20-8-9-22(33)25(36-27)24(20)29/h2-9,11-12,21,23,27,33,35H,1,10,13-18H2,(H,31,34)/t21-,23-,27-,28-,29+,30?/m1/s1. The number of rotatable bonds is 6. The van der Waals surface area contributed by atoms with Gasteiger partial charge in [0.1, 0.15) is 11.7 Å². The molecule has 2 aromatic carbocycles. The molecule has 4 aliphatic carbocycles. The van der Waals surface area contributed by atoms with Crippen molar-refractivity contribution in [2.45, 2.75) is 48.8 Å². The highest BCUT2D eigenvalue weighted by molar-refractivity contribution is 5.82. The van der Waals surface area contributed by atoms with Crippen molar-refractivity contribution in [2.24, 2.45) is 11.3 Å². The number of fused-ring (bicyclic) bond motifs is 1. The molecular weight excluding hydrogens is 452 g/mol. The highest BCUT2D eigenvalue weighted by Gasteiger charge is 2.79. The van der Waals surface area contributed by atoms with Crippen LogP contribution in [0.2, 0.25) is 0 Å². The number of phenolic OH excluding ortho intramolecular Hbond substituents is 1. The van der Waals surface area contributed by atoms with Gasteiger partial charge in [-0.25, -0.2) is 0 Å². The Morgan fingerprint density at radius 3 is 2.86 bits per heavy atom. The number of hydrogen-bond acceptors (Lipinski definition) is 5. The molecule has 6 aliphatic rings. The zero-order valence-electron chi connectivity index (χ0n) is 20.3. The van der Waals surface area contributed by atoms with Crippen molar-refractivity contribution in [1.29, 1.82) is 0 Å². The number of aliphatic hydroxyl groups is 1. The molecule has 2 aliphatic heterocycles. The number of phenols is 1. The number of likely N-dealkylation sites (tertiary alicyclic amines) is 1. The average molecular weight is 485 g/mol. The SMILES string of the molecule is C=CCNC(=O)[C@H]1C[C@@]23C=CC1(O)[C@@H]1Oc4c(O)ccc5c4[C@@]12CCN(CCc1ccccc1)[C@@H]3C5. The van der Waals surface area contributed by atoms with Gasteiger partial charge >= 0.3 is 0 Å². The Balaban J connectivity index is 1.35. The van der Waals surface area contributed by atoms with E-state index in [0.29, 0.717) is 18.7 Å². The number of carbonyl (C=O) groups is 1. The number of carbonyl (C=O) groups excluding carboxylic acids is 1. The van der Waals surface area contributed by atoms with E-state index >= 15 is 0 Å². The first kappa shape index (κ1) is 22.1. The Morgan fingerprint density at radius 2 is 2.06 bits per heavy atom. The first-order valence-corrected chi connectivity index (χ1v) is 13.1. The molecular formula is C30H32N2O4. The molecule has 1 amide bonds. The Hall–Kier alpha value is -3.09. The van der Waals surface area contributed by atoms with Gasteiger partial charge in [0.25, 0.3) is 0 Å². The summed E-state index contributed by atoms with van der Waals surface area (Å²) in [4.78, 5) is 16.0. The van der Waals surface area contributed by atoms with Crippen LogP contribution in [0.15, 0.2) is 67.3 Å². The smallest absolute Gasteiger partial charge is 0.226 e. The second-order valence-electron chi connectivity index (χ2n) is 11.2. The molecule has 36 heavy (non-hydrogen) atoms. The largest absolute Gasteiger partial charge is 0.504 e. The maximum atomic E-state index is 13.4. The van der Waals surface area contributed by atoms with Gasteiger partial charge in [-0.3, -0.25) is 9.69 Å². The lowest BCUT2D eigenvalue weighted by Crippen LogP contribution is -2.79. The van der Waals surface area contributed by atoms with E-state index in [1.807, 2.05) is 18.2 Å². The van der Waals surface area contributed by atoms with Crippen LogP contribution in [-0.2, 0) is 23.1 Å². The number of amides is 1. The summed E-state index contributed by atoms with van der Waals surface area (Å²) in [6.07, 6.45) is 8.29. The van der Waals surface area contributed by atoms with Crippen LogP contribution in [0.4, 0.5) is 0 Å². The van der Waals surface area contributed by atoms with Gasteiger partial charge in [-0.2, -0.15) is 0 Å². The van der Waals surface area contributed by atoms with Crippen molar-refractivity contribution in [2.75, 3.05) is 19.6 Å². The van der Waals surface area contributed by atoms with Crippen molar-refractivity contribution in [3.05, 3.63) is 84.0 Å². The lowest BCUT2D eigenvalue weighted by Gasteiger charge is -2.70. The summed E-state index contributed by atoms with van der Waals surface area (Å²) in [5.74, 6) is -0.171. The lowest BCUT2D eigenvalue weighted by molar-refractivity contribution is -0.206. The number of hydrogen-bond donors (Lipinski definition) is 3. The number of ether oxygens (including phenoxy) is 1. The van der Waals surface area contributed by atoms with Crippen LogP contribution in [0.3, 0.4) is 0 Å². The van der Waals surface area contributed by atoms with Gasteiger partial charge in [0, 0.05) is 30.1 Å². The average Bonchev–Trinajstić information content (AvgIpc) is 3.26. The number of nitrogens with zero attached hydrogens (tertiary/aromatic N) is 1. The summed E-state index contributed by atoms with van der Waals surface area (Å²) in [5, 5.41) is 25.9. The second-order valence-corrected chi connectivity index (χ2v) is 11.2. The molecule has 0 radical (unpaired) electrons. The number of benzene rings is 2. The Bertz CT molecular complexity index is 1290. The minimum atomic E-state index is -1.44. The molecule has 6 atom stereocenters. The minimum Gasteiger partial charge on any atom is -0.504 e. The van der Waals surface area contributed by atoms with Crippen LogP contribution in [0.25, 0.3) is 0 Å². The third-order valence-corrected chi connectivity index (χ3v) is 9.86. The lowest BCUT2D eigenvalue weighted by atomic mass is 9.37. The first-order chi connectivity index (χ1) is 17.4. The van der Waals surface area contributed by atoms with Gasteiger partial charge in [0.2, 0.25) is 5.91 Å². The summed E-state index contributed by atoms with van der Waals surface area (Å²) in [5.41, 5.74) is 1.33. The van der Waals surface area contributed by atoms with Gasteiger partial charge in [-0.15, -0.1) is 6.58 Å². The Labute approximate surface area is 211 Å². The summed E-state index contributed by atoms with van der Waals surface area (Å²) in [6.45, 7) is 5.91. The summed E-state index contributed by atoms with van der Waals surface area (Å²) in [6, 6.07) is 14.5. The first-order valence-electron chi connectivity index (χ1n) is 13.1. The van der Waals surface area contributed by atoms with E-state index < -0.39 is 23.0 Å². The van der Waals surface area contributed by atoms with Crippen molar-refractivity contribution >= 4 is 5.91 Å². The predicted octanol–water partition coefficient (Wildman–Crippen LogP) is 2.87. The zero-order valence-corrected chi connectivity index (χ0v) is 20.3. The van der Waals surface area contributed by atoms with Gasteiger partial charge in [-0.05, 0) is 49.4 Å². The monoisotopic (exact) mass is 484 g/mol. The molecule has 8 rings (SSSR count). The van der Waals surface area contributed by atoms with E-state index in [1.54, 1.807) is 12.1 Å². The molecule has 2 spiro atoms. The van der Waals surface area contributed by atoms with Crippen LogP contribution in [0.1, 0.15) is 29.5 Å². The van der Waals surface area contributed by atoms with Crippen LogP contribution in [-0.4, -0.2) is 58.4 Å². The summed E-state index contributed by atoms with van der Waals surface area (Å²) >= 11 is 0. The highest BCUT2D eigenvalue weighted by Crippen LogP contribution is 2.74. The molecule has 6 nitrogen and oxygen atoms in total. The fraction of sp³-hybridized carbons (Fsp3) is 0.433. The maximum Gasteiger partial charge on any atom is 0.226 e. The molecule has 6 heteroatoms. The van der Waals surface area contributed by atoms with Crippen LogP contribution in [0.5, 0.6) is 11.5 Å². The van der Waals surface area contributed by atoms with E-state index in [2.05, 4.69) is 47.1 Å². The van der Waals surface area contributed by atoms with Gasteiger partial charge in [0.15, 0.2) is 11.5 Å². The quantitative estimate of drug-likeness (QED) is 0.550. The molecule has 4 bridgehead atoms. The molecule has 1 saturated heterocycles. The molecule has 1 unspecified atom stereocenters. The minimum absolute atomic E-state index is 0.119. The van der Waals surface area contributed by atoms with Gasteiger partial charge in [0.05, 0.1) is 11.3 Å².